The van der Waals surface area contributed by atoms with Crippen molar-refractivity contribution in [2.24, 2.45) is 0 Å². The second-order valence-corrected chi connectivity index (χ2v) is 10.2. The maximum Gasteiger partial charge on any atom is 0.300 e. The SMILES string of the molecule is COc1cccc(C2/C(=C(/O)c3ccc(Br)cc3)C(=O)C(=O)N2c2ccc(C(C)(C)C)cc2)c1. The van der Waals surface area contributed by atoms with Gasteiger partial charge in [0.15, 0.2) is 0 Å². The molecule has 1 unspecified atom stereocenters. The largest absolute Gasteiger partial charge is 0.507 e. The third-order valence-corrected chi connectivity index (χ3v) is 6.51. The number of benzene rings is 3. The molecule has 1 aliphatic rings. The number of anilines is 1. The number of nitrogens with zero attached hydrogens (tertiary/aromatic N) is 1. The zero-order valence-electron chi connectivity index (χ0n) is 19.5. The average molecular weight is 520 g/mol. The number of hydrogen-bond donors (Lipinski definition) is 1. The van der Waals surface area contributed by atoms with E-state index in [1.807, 2.05) is 30.3 Å². The Balaban J connectivity index is 1.91. The van der Waals surface area contributed by atoms with E-state index in [1.165, 1.54) is 4.90 Å². The van der Waals surface area contributed by atoms with Crippen LogP contribution in [0.25, 0.3) is 5.76 Å². The van der Waals surface area contributed by atoms with Crippen molar-refractivity contribution < 1.29 is 19.4 Å². The number of Topliss-reactive ketones (excluding diaryl/α,β-unsaturated/α-hetero) is 1. The number of rotatable bonds is 4. The molecule has 174 valence electrons. The molecule has 0 aliphatic carbocycles. The van der Waals surface area contributed by atoms with Crippen LogP contribution in [0.4, 0.5) is 5.69 Å². The lowest BCUT2D eigenvalue weighted by atomic mass is 9.87. The van der Waals surface area contributed by atoms with Gasteiger partial charge in [0.1, 0.15) is 11.5 Å². The van der Waals surface area contributed by atoms with Gasteiger partial charge in [0.25, 0.3) is 11.7 Å². The number of carbonyl (C=O) groups is 2. The zero-order valence-corrected chi connectivity index (χ0v) is 21.1. The van der Waals surface area contributed by atoms with Gasteiger partial charge in [-0.3, -0.25) is 14.5 Å². The van der Waals surface area contributed by atoms with Gasteiger partial charge in [-0.1, -0.05) is 73.1 Å². The first-order valence-electron chi connectivity index (χ1n) is 10.9. The topological polar surface area (TPSA) is 66.8 Å². The fourth-order valence-corrected chi connectivity index (χ4v) is 4.38. The lowest BCUT2D eigenvalue weighted by molar-refractivity contribution is -0.132. The van der Waals surface area contributed by atoms with Crippen molar-refractivity contribution in [3.8, 4) is 5.75 Å². The molecule has 5 nitrogen and oxygen atoms in total. The van der Waals surface area contributed by atoms with Gasteiger partial charge in [0.05, 0.1) is 18.7 Å². The molecule has 34 heavy (non-hydrogen) atoms. The molecule has 0 bridgehead atoms. The highest BCUT2D eigenvalue weighted by atomic mass is 79.9. The third kappa shape index (κ3) is 4.38. The Bertz CT molecular complexity index is 1270. The number of methoxy groups -OCH3 is 1. The average Bonchev–Trinajstić information content (AvgIpc) is 3.09. The summed E-state index contributed by atoms with van der Waals surface area (Å²) in [6.07, 6.45) is 0. The highest BCUT2D eigenvalue weighted by Gasteiger charge is 2.47. The van der Waals surface area contributed by atoms with Crippen molar-refractivity contribution in [1.29, 1.82) is 0 Å². The van der Waals surface area contributed by atoms with E-state index in [0.717, 1.165) is 10.0 Å². The number of aliphatic hydroxyl groups is 1. The van der Waals surface area contributed by atoms with Crippen molar-refractivity contribution in [2.45, 2.75) is 32.2 Å². The van der Waals surface area contributed by atoms with Gasteiger partial charge in [0.2, 0.25) is 0 Å². The molecular weight excluding hydrogens is 494 g/mol. The molecule has 1 saturated heterocycles. The molecule has 3 aromatic carbocycles. The lowest BCUT2D eigenvalue weighted by Crippen LogP contribution is -2.29. The first-order valence-corrected chi connectivity index (χ1v) is 11.7. The minimum atomic E-state index is -0.806. The minimum absolute atomic E-state index is 0.0421. The first kappa shape index (κ1) is 23.8. The second kappa shape index (κ2) is 9.11. The van der Waals surface area contributed by atoms with Crippen molar-refractivity contribution in [3.05, 3.63) is 99.5 Å². The standard InChI is InChI=1S/C28H26BrNO4/c1-28(2,3)19-10-14-21(15-11-19)30-24(18-6-5-7-22(16-18)34-4)23(26(32)27(30)33)25(31)17-8-12-20(29)13-9-17/h5-16,24,31H,1-4H3/b25-23-. The number of carbonyl (C=O) groups excluding carboxylic acids is 2. The van der Waals surface area contributed by atoms with Gasteiger partial charge in [-0.2, -0.15) is 0 Å². The van der Waals surface area contributed by atoms with Crippen LogP contribution in [0, 0.1) is 0 Å². The van der Waals surface area contributed by atoms with Crippen LogP contribution in [0.5, 0.6) is 5.75 Å². The molecule has 6 heteroatoms. The molecule has 0 aromatic heterocycles. The summed E-state index contributed by atoms with van der Waals surface area (Å²) in [4.78, 5) is 28.1. The maximum atomic E-state index is 13.3. The van der Waals surface area contributed by atoms with Crippen LogP contribution in [-0.4, -0.2) is 23.9 Å². The van der Waals surface area contributed by atoms with Crippen LogP contribution in [0.1, 0.15) is 43.5 Å². The van der Waals surface area contributed by atoms with Crippen molar-refractivity contribution >= 4 is 39.1 Å². The Morgan fingerprint density at radius 1 is 0.971 bits per heavy atom. The van der Waals surface area contributed by atoms with Gasteiger partial charge < -0.3 is 9.84 Å². The number of halogens is 1. The number of hydrogen-bond acceptors (Lipinski definition) is 4. The molecule has 4 rings (SSSR count). The van der Waals surface area contributed by atoms with E-state index < -0.39 is 17.7 Å². The molecule has 3 aromatic rings. The summed E-state index contributed by atoms with van der Waals surface area (Å²) in [5.74, 6) is -1.04. The number of ketones is 1. The summed E-state index contributed by atoms with van der Waals surface area (Å²) in [5, 5.41) is 11.2. The maximum absolute atomic E-state index is 13.3. The molecule has 1 fully saturated rings. The van der Waals surface area contributed by atoms with Gasteiger partial charge in [-0.15, -0.1) is 0 Å². The number of amides is 1. The monoisotopic (exact) mass is 519 g/mol. The Hall–Kier alpha value is -3.38. The molecule has 1 amide bonds. The van der Waals surface area contributed by atoms with Crippen LogP contribution >= 0.6 is 15.9 Å². The van der Waals surface area contributed by atoms with Gasteiger partial charge >= 0.3 is 0 Å². The van der Waals surface area contributed by atoms with E-state index in [0.29, 0.717) is 22.6 Å². The van der Waals surface area contributed by atoms with E-state index in [9.17, 15) is 14.7 Å². The van der Waals surface area contributed by atoms with Crippen molar-refractivity contribution in [1.82, 2.24) is 0 Å². The quantitative estimate of drug-likeness (QED) is 0.246. The highest BCUT2D eigenvalue weighted by Crippen LogP contribution is 2.43. The summed E-state index contributed by atoms with van der Waals surface area (Å²) in [5.41, 5.74) is 2.80. The van der Waals surface area contributed by atoms with Crippen LogP contribution < -0.4 is 9.64 Å². The number of aliphatic hydroxyl groups excluding tert-OH is 1. The smallest absolute Gasteiger partial charge is 0.300 e. The molecule has 1 aliphatic heterocycles. The zero-order chi connectivity index (χ0) is 24.6. The van der Waals surface area contributed by atoms with Crippen LogP contribution in [0.15, 0.2) is 82.8 Å². The highest BCUT2D eigenvalue weighted by molar-refractivity contribution is 9.10. The van der Waals surface area contributed by atoms with E-state index in [1.54, 1.807) is 49.6 Å². The molecule has 1 N–H and O–H groups in total. The third-order valence-electron chi connectivity index (χ3n) is 5.98. The molecule has 1 heterocycles. The molecule has 0 spiro atoms. The summed E-state index contributed by atoms with van der Waals surface area (Å²) >= 11 is 3.38. The van der Waals surface area contributed by atoms with E-state index in [-0.39, 0.29) is 16.7 Å². The van der Waals surface area contributed by atoms with Crippen LogP contribution in [0.3, 0.4) is 0 Å². The molecular formula is C28H26BrNO4. The second-order valence-electron chi connectivity index (χ2n) is 9.25. The Labute approximate surface area is 207 Å². The predicted octanol–water partition coefficient (Wildman–Crippen LogP) is 6.38. The molecule has 0 saturated carbocycles. The van der Waals surface area contributed by atoms with E-state index >= 15 is 0 Å². The van der Waals surface area contributed by atoms with Gasteiger partial charge in [0, 0.05) is 15.7 Å². The van der Waals surface area contributed by atoms with Gasteiger partial charge in [-0.25, -0.2) is 0 Å². The van der Waals surface area contributed by atoms with Crippen molar-refractivity contribution in [2.75, 3.05) is 12.0 Å². The van der Waals surface area contributed by atoms with Crippen LogP contribution in [0.2, 0.25) is 0 Å². The number of ether oxygens (including phenoxy) is 1. The normalized spacial score (nSPS) is 17.8. The minimum Gasteiger partial charge on any atom is -0.507 e. The summed E-state index contributed by atoms with van der Waals surface area (Å²) in [6.45, 7) is 6.34. The molecule has 0 radical (unpaired) electrons. The fraction of sp³-hybridized carbons (Fsp3) is 0.214. The van der Waals surface area contributed by atoms with Crippen LogP contribution in [-0.2, 0) is 15.0 Å². The first-order chi connectivity index (χ1) is 16.1. The summed E-state index contributed by atoms with van der Waals surface area (Å²) in [7, 11) is 1.56. The van der Waals surface area contributed by atoms with E-state index in [2.05, 4.69) is 36.7 Å². The Morgan fingerprint density at radius 3 is 2.21 bits per heavy atom. The van der Waals surface area contributed by atoms with Crippen molar-refractivity contribution in [3.63, 3.8) is 0 Å². The predicted molar refractivity (Wildman–Crippen MR) is 137 cm³/mol. The molecule has 1 atom stereocenters. The lowest BCUT2D eigenvalue weighted by Gasteiger charge is -2.27. The Morgan fingerprint density at radius 2 is 1.62 bits per heavy atom. The van der Waals surface area contributed by atoms with Gasteiger partial charge in [-0.05, 0) is 52.9 Å². The van der Waals surface area contributed by atoms with E-state index in [4.69, 9.17) is 4.74 Å². The Kier molecular flexibility index (Phi) is 6.36. The summed E-state index contributed by atoms with van der Waals surface area (Å²) < 4.78 is 6.22. The fourth-order valence-electron chi connectivity index (χ4n) is 4.11. The summed E-state index contributed by atoms with van der Waals surface area (Å²) in [6, 6.07) is 21.0.